The zero-order valence-electron chi connectivity index (χ0n) is 12.3. The molecule has 0 aliphatic carbocycles. The van der Waals surface area contributed by atoms with Gasteiger partial charge in [-0.1, -0.05) is 0 Å². The molecule has 20 heavy (non-hydrogen) atoms. The molecule has 6 heteroatoms. The molecule has 2 rings (SSSR count). The molecule has 1 aliphatic rings. The molecule has 0 N–H and O–H groups in total. The molecular weight excluding hydrogens is 276 g/mol. The van der Waals surface area contributed by atoms with Crippen LogP contribution in [0.3, 0.4) is 0 Å². The van der Waals surface area contributed by atoms with Crippen molar-refractivity contribution in [1.82, 2.24) is 9.88 Å². The zero-order valence-corrected chi connectivity index (χ0v) is 13.2. The van der Waals surface area contributed by atoms with Crippen LogP contribution >= 0.6 is 0 Å². The smallest absolute Gasteiger partial charge is 0.151 e. The molecule has 5 nitrogen and oxygen atoms in total. The quantitative estimate of drug-likeness (QED) is 0.842. The number of hydrogen-bond donors (Lipinski definition) is 0. The van der Waals surface area contributed by atoms with Crippen LogP contribution in [0.1, 0.15) is 23.2 Å². The average Bonchev–Trinajstić information content (AvgIpc) is 2.55. The normalized spacial score (nSPS) is 19.6. The minimum Gasteiger partial charge on any atom is -0.496 e. The van der Waals surface area contributed by atoms with E-state index in [1.807, 2.05) is 20.0 Å². The van der Waals surface area contributed by atoms with Crippen molar-refractivity contribution in [3.8, 4) is 5.75 Å². The number of methoxy groups -OCH3 is 1. The van der Waals surface area contributed by atoms with E-state index in [0.717, 1.165) is 29.1 Å². The Morgan fingerprint density at radius 1 is 1.30 bits per heavy atom. The lowest BCUT2D eigenvalue weighted by Crippen LogP contribution is -2.27. The van der Waals surface area contributed by atoms with Crippen LogP contribution in [0.2, 0.25) is 0 Å². The van der Waals surface area contributed by atoms with Gasteiger partial charge in [-0.05, 0) is 26.8 Å². The Balaban J connectivity index is 2.14. The number of hydrogen-bond acceptors (Lipinski definition) is 5. The Morgan fingerprint density at radius 2 is 2.05 bits per heavy atom. The van der Waals surface area contributed by atoms with E-state index >= 15 is 0 Å². The zero-order chi connectivity index (χ0) is 14.8. The van der Waals surface area contributed by atoms with Gasteiger partial charge in [0.1, 0.15) is 5.75 Å². The van der Waals surface area contributed by atoms with E-state index in [9.17, 15) is 8.42 Å². The molecule has 1 fully saturated rings. The summed E-state index contributed by atoms with van der Waals surface area (Å²) in [4.78, 5) is 6.64. The number of pyridine rings is 1. The van der Waals surface area contributed by atoms with Crippen LogP contribution in [0.4, 0.5) is 0 Å². The third-order valence-corrected chi connectivity index (χ3v) is 5.49. The predicted octanol–water partition coefficient (Wildman–Crippen LogP) is 1.33. The first-order chi connectivity index (χ1) is 9.43. The molecule has 0 saturated carbocycles. The third kappa shape index (κ3) is 3.49. The van der Waals surface area contributed by atoms with E-state index in [1.54, 1.807) is 7.11 Å². The molecule has 1 aromatic heterocycles. The van der Waals surface area contributed by atoms with Crippen molar-refractivity contribution in [1.29, 1.82) is 0 Å². The summed E-state index contributed by atoms with van der Waals surface area (Å²) in [5.74, 6) is 1.42. The van der Waals surface area contributed by atoms with Gasteiger partial charge in [0.15, 0.2) is 9.84 Å². The summed E-state index contributed by atoms with van der Waals surface area (Å²) in [6, 6.07) is 0. The first-order valence-corrected chi connectivity index (χ1v) is 8.67. The number of sulfone groups is 1. The highest BCUT2D eigenvalue weighted by molar-refractivity contribution is 7.91. The Morgan fingerprint density at radius 3 is 2.75 bits per heavy atom. The molecule has 1 aliphatic heterocycles. The SMILES string of the molecule is COc1c(C)cnc(CN2CCCS(=O)(=O)CC2)c1C. The summed E-state index contributed by atoms with van der Waals surface area (Å²) >= 11 is 0. The summed E-state index contributed by atoms with van der Waals surface area (Å²) in [6.45, 7) is 6.04. The maximum atomic E-state index is 11.6. The second-order valence-corrected chi connectivity index (χ2v) is 7.63. The topological polar surface area (TPSA) is 59.5 Å². The molecule has 1 saturated heterocycles. The minimum absolute atomic E-state index is 0.245. The van der Waals surface area contributed by atoms with Crippen molar-refractivity contribution in [2.45, 2.75) is 26.8 Å². The fraction of sp³-hybridized carbons (Fsp3) is 0.643. The van der Waals surface area contributed by atoms with Crippen LogP contribution in [0.15, 0.2) is 6.20 Å². The third-order valence-electron chi connectivity index (χ3n) is 3.77. The molecule has 0 amide bonds. The minimum atomic E-state index is -2.86. The molecule has 112 valence electrons. The molecule has 2 heterocycles. The lowest BCUT2D eigenvalue weighted by Gasteiger charge is -2.21. The van der Waals surface area contributed by atoms with E-state index in [1.165, 1.54) is 0 Å². The highest BCUT2D eigenvalue weighted by Gasteiger charge is 2.20. The first kappa shape index (κ1) is 15.3. The summed E-state index contributed by atoms with van der Waals surface area (Å²) in [6.07, 6.45) is 2.51. The van der Waals surface area contributed by atoms with Crippen molar-refractivity contribution in [2.24, 2.45) is 0 Å². The van der Waals surface area contributed by atoms with Crippen LogP contribution in [-0.4, -0.2) is 50.0 Å². The standard InChI is InChI=1S/C14H22N2O3S/c1-11-9-15-13(12(2)14(11)19-3)10-16-5-4-7-20(17,18)8-6-16/h9H,4-8,10H2,1-3H3. The van der Waals surface area contributed by atoms with Crippen molar-refractivity contribution < 1.29 is 13.2 Å². The predicted molar refractivity (Wildman–Crippen MR) is 78.8 cm³/mol. The molecular formula is C14H22N2O3S. The van der Waals surface area contributed by atoms with Gasteiger partial charge in [0.2, 0.25) is 0 Å². The second kappa shape index (κ2) is 6.10. The first-order valence-electron chi connectivity index (χ1n) is 6.85. The highest BCUT2D eigenvalue weighted by atomic mass is 32.2. The Hall–Kier alpha value is -1.14. The molecule has 0 aromatic carbocycles. The van der Waals surface area contributed by atoms with Crippen molar-refractivity contribution in [3.05, 3.63) is 23.0 Å². The monoisotopic (exact) mass is 298 g/mol. The van der Waals surface area contributed by atoms with Crippen LogP contribution < -0.4 is 4.74 Å². The van der Waals surface area contributed by atoms with Gasteiger partial charge in [-0.2, -0.15) is 0 Å². The van der Waals surface area contributed by atoms with E-state index < -0.39 is 9.84 Å². The van der Waals surface area contributed by atoms with Gasteiger partial charge in [-0.25, -0.2) is 8.42 Å². The van der Waals surface area contributed by atoms with Gasteiger partial charge < -0.3 is 4.74 Å². The van der Waals surface area contributed by atoms with Gasteiger partial charge in [-0.3, -0.25) is 9.88 Å². The number of rotatable bonds is 3. The number of aryl methyl sites for hydroxylation is 1. The van der Waals surface area contributed by atoms with Crippen molar-refractivity contribution >= 4 is 9.84 Å². The lowest BCUT2D eigenvalue weighted by atomic mass is 10.1. The average molecular weight is 298 g/mol. The second-order valence-electron chi connectivity index (χ2n) is 5.33. The van der Waals surface area contributed by atoms with Gasteiger partial charge in [0.05, 0.1) is 24.3 Å². The number of aromatic nitrogens is 1. The van der Waals surface area contributed by atoms with Gasteiger partial charge in [0.25, 0.3) is 0 Å². The van der Waals surface area contributed by atoms with Crippen LogP contribution in [0.5, 0.6) is 5.75 Å². The van der Waals surface area contributed by atoms with Gasteiger partial charge >= 0.3 is 0 Å². The van der Waals surface area contributed by atoms with Crippen LogP contribution in [0.25, 0.3) is 0 Å². The van der Waals surface area contributed by atoms with Crippen molar-refractivity contribution in [3.63, 3.8) is 0 Å². The van der Waals surface area contributed by atoms with E-state index in [-0.39, 0.29) is 5.75 Å². The number of nitrogens with zero attached hydrogens (tertiary/aromatic N) is 2. The summed E-state index contributed by atoms with van der Waals surface area (Å²) in [5, 5.41) is 0. The van der Waals surface area contributed by atoms with E-state index in [2.05, 4.69) is 9.88 Å². The highest BCUT2D eigenvalue weighted by Crippen LogP contribution is 2.25. The fourth-order valence-electron chi connectivity index (χ4n) is 2.59. The Labute approximate surface area is 120 Å². The Bertz CT molecular complexity index is 584. The molecule has 0 atom stereocenters. The van der Waals surface area contributed by atoms with Gasteiger partial charge in [0, 0.05) is 30.4 Å². The summed E-state index contributed by atoms with van der Waals surface area (Å²) in [5.41, 5.74) is 3.03. The van der Waals surface area contributed by atoms with E-state index in [0.29, 0.717) is 25.3 Å². The van der Waals surface area contributed by atoms with Crippen LogP contribution in [-0.2, 0) is 16.4 Å². The molecule has 0 bridgehead atoms. The molecule has 1 aromatic rings. The summed E-state index contributed by atoms with van der Waals surface area (Å²) < 4.78 is 28.6. The Kier molecular flexibility index (Phi) is 4.65. The van der Waals surface area contributed by atoms with Crippen molar-refractivity contribution in [2.75, 3.05) is 31.7 Å². The lowest BCUT2D eigenvalue weighted by molar-refractivity contribution is 0.282. The molecule has 0 radical (unpaired) electrons. The van der Waals surface area contributed by atoms with E-state index in [4.69, 9.17) is 4.74 Å². The number of ether oxygens (including phenoxy) is 1. The molecule has 0 spiro atoms. The maximum Gasteiger partial charge on any atom is 0.151 e. The van der Waals surface area contributed by atoms with Crippen LogP contribution in [0, 0.1) is 13.8 Å². The summed E-state index contributed by atoms with van der Waals surface area (Å²) in [7, 11) is -1.20. The van der Waals surface area contributed by atoms with Gasteiger partial charge in [-0.15, -0.1) is 0 Å². The maximum absolute atomic E-state index is 11.6. The fourth-order valence-corrected chi connectivity index (χ4v) is 3.90. The largest absolute Gasteiger partial charge is 0.496 e. The molecule has 0 unspecified atom stereocenters.